The molecule has 0 aromatic rings. The molecule has 0 bridgehead atoms. The average molecular weight is 1090 g/mol. The predicted octanol–water partition coefficient (Wildman–Crippen LogP) is 23.3. The molecule has 0 radical (unpaired) electrons. The van der Waals surface area contributed by atoms with Crippen molar-refractivity contribution in [3.05, 3.63) is 72.9 Å². The number of carbonyl (C=O) groups is 3. The molecule has 1 unspecified atom stereocenters. The minimum atomic E-state index is -0.780. The van der Waals surface area contributed by atoms with Crippen molar-refractivity contribution >= 4 is 17.9 Å². The second-order valence-corrected chi connectivity index (χ2v) is 22.7. The van der Waals surface area contributed by atoms with Gasteiger partial charge in [-0.05, 0) is 83.5 Å². The van der Waals surface area contributed by atoms with E-state index in [4.69, 9.17) is 14.2 Å². The third-order valence-corrected chi connectivity index (χ3v) is 14.9. The zero-order valence-electron chi connectivity index (χ0n) is 51.9. The number of ether oxygens (including phenoxy) is 3. The van der Waals surface area contributed by atoms with Crippen molar-refractivity contribution in [1.82, 2.24) is 0 Å². The van der Waals surface area contributed by atoms with E-state index in [-0.39, 0.29) is 31.1 Å². The van der Waals surface area contributed by atoms with E-state index in [2.05, 4.69) is 93.7 Å². The van der Waals surface area contributed by atoms with E-state index in [1.165, 1.54) is 199 Å². The van der Waals surface area contributed by atoms with Crippen molar-refractivity contribution in [2.75, 3.05) is 13.2 Å². The topological polar surface area (TPSA) is 78.9 Å². The SMILES string of the molecule is CC/C=C\C/C=C\C/C=C\C/C=C\CCCCCCCCCCCCCCCCC(=O)OCC(COC(=O)CCCCCCC/C=C\C/C=C\CCC)OC(=O)CCCCCCCCCCCCCCCCCCCCCC. The van der Waals surface area contributed by atoms with Crippen LogP contribution in [0.5, 0.6) is 0 Å². The molecule has 0 saturated heterocycles. The Bertz CT molecular complexity index is 1440. The Morgan fingerprint density at radius 3 is 0.833 bits per heavy atom. The first-order chi connectivity index (χ1) is 38.5. The molecule has 0 spiro atoms. The molecule has 0 aliphatic carbocycles. The zero-order valence-corrected chi connectivity index (χ0v) is 51.9. The zero-order chi connectivity index (χ0) is 56.4. The van der Waals surface area contributed by atoms with Gasteiger partial charge in [0.25, 0.3) is 0 Å². The van der Waals surface area contributed by atoms with Crippen molar-refractivity contribution in [3.63, 3.8) is 0 Å². The number of hydrogen-bond acceptors (Lipinski definition) is 6. The van der Waals surface area contributed by atoms with Crippen molar-refractivity contribution < 1.29 is 28.6 Å². The summed E-state index contributed by atoms with van der Waals surface area (Å²) in [7, 11) is 0. The highest BCUT2D eigenvalue weighted by Crippen LogP contribution is 2.18. The lowest BCUT2D eigenvalue weighted by atomic mass is 10.0. The minimum Gasteiger partial charge on any atom is -0.462 e. The molecule has 0 saturated carbocycles. The van der Waals surface area contributed by atoms with Crippen molar-refractivity contribution in [3.8, 4) is 0 Å². The molecule has 78 heavy (non-hydrogen) atoms. The van der Waals surface area contributed by atoms with E-state index >= 15 is 0 Å². The molecule has 0 N–H and O–H groups in total. The lowest BCUT2D eigenvalue weighted by molar-refractivity contribution is -0.167. The van der Waals surface area contributed by atoms with Gasteiger partial charge in [0.15, 0.2) is 6.10 Å². The number of hydrogen-bond donors (Lipinski definition) is 0. The van der Waals surface area contributed by atoms with Crippen LogP contribution < -0.4 is 0 Å². The fraction of sp³-hybridized carbons (Fsp3) is 0.792. The third-order valence-electron chi connectivity index (χ3n) is 14.9. The molecule has 6 heteroatoms. The second-order valence-electron chi connectivity index (χ2n) is 22.7. The highest BCUT2D eigenvalue weighted by atomic mass is 16.6. The van der Waals surface area contributed by atoms with Gasteiger partial charge in [-0.25, -0.2) is 0 Å². The summed E-state index contributed by atoms with van der Waals surface area (Å²) in [5.41, 5.74) is 0. The standard InChI is InChI=1S/C72H128O6/c1-4-7-10-13-16-19-22-25-27-29-31-33-34-35-36-37-38-39-41-42-44-47-50-53-56-59-62-65-71(74)77-68-69(67-76-70(73)64-61-58-55-52-49-46-24-21-18-15-12-9-6-3)78-72(75)66-63-60-57-54-51-48-45-43-40-32-30-28-26-23-20-17-14-11-8-5-2/h7,10,12,15-16,19,21,24-25,27,31,33,69H,4-6,8-9,11,13-14,17-18,20,22-23,26,28-30,32,34-68H2,1-3H3/b10-7-,15-12-,19-16-,24-21-,27-25-,33-31-. The van der Waals surface area contributed by atoms with E-state index < -0.39 is 6.10 Å². The van der Waals surface area contributed by atoms with E-state index in [9.17, 15) is 14.4 Å². The Morgan fingerprint density at radius 1 is 0.269 bits per heavy atom. The summed E-state index contributed by atoms with van der Waals surface area (Å²) in [6.07, 6.45) is 86.4. The van der Waals surface area contributed by atoms with E-state index in [1.54, 1.807) is 0 Å². The second kappa shape index (κ2) is 66.4. The van der Waals surface area contributed by atoms with Crippen LogP contribution in [0, 0.1) is 0 Å². The van der Waals surface area contributed by atoms with Gasteiger partial charge in [-0.2, -0.15) is 0 Å². The molecule has 0 heterocycles. The van der Waals surface area contributed by atoms with Crippen LogP contribution in [0.1, 0.15) is 348 Å². The first-order valence-electron chi connectivity index (χ1n) is 33.9. The predicted molar refractivity (Wildman–Crippen MR) is 339 cm³/mol. The Morgan fingerprint density at radius 2 is 0.526 bits per heavy atom. The van der Waals surface area contributed by atoms with Crippen LogP contribution in [0.25, 0.3) is 0 Å². The fourth-order valence-corrected chi connectivity index (χ4v) is 9.89. The molecule has 0 aliphatic rings. The lowest BCUT2D eigenvalue weighted by Gasteiger charge is -2.18. The van der Waals surface area contributed by atoms with E-state index in [0.717, 1.165) is 109 Å². The van der Waals surface area contributed by atoms with Crippen LogP contribution in [0.4, 0.5) is 0 Å². The molecule has 0 rings (SSSR count). The highest BCUT2D eigenvalue weighted by Gasteiger charge is 2.19. The van der Waals surface area contributed by atoms with Gasteiger partial charge in [0.05, 0.1) is 0 Å². The maximum absolute atomic E-state index is 12.9. The van der Waals surface area contributed by atoms with E-state index in [0.29, 0.717) is 19.3 Å². The molecule has 0 aromatic heterocycles. The van der Waals surface area contributed by atoms with Gasteiger partial charge in [0.1, 0.15) is 13.2 Å². The maximum atomic E-state index is 12.9. The number of unbranched alkanes of at least 4 members (excludes halogenated alkanes) is 39. The van der Waals surface area contributed by atoms with Gasteiger partial charge < -0.3 is 14.2 Å². The third kappa shape index (κ3) is 63.7. The van der Waals surface area contributed by atoms with E-state index in [1.807, 2.05) is 0 Å². The normalized spacial score (nSPS) is 12.5. The molecule has 0 aliphatic heterocycles. The Hall–Kier alpha value is -3.15. The molecule has 6 nitrogen and oxygen atoms in total. The number of rotatable bonds is 62. The fourth-order valence-electron chi connectivity index (χ4n) is 9.89. The summed E-state index contributed by atoms with van der Waals surface area (Å²) >= 11 is 0. The van der Waals surface area contributed by atoms with Crippen LogP contribution in [0.15, 0.2) is 72.9 Å². The Balaban J connectivity index is 4.25. The molecular formula is C72H128O6. The van der Waals surface area contributed by atoms with Crippen LogP contribution in [-0.4, -0.2) is 37.2 Å². The summed E-state index contributed by atoms with van der Waals surface area (Å²) < 4.78 is 17.0. The van der Waals surface area contributed by atoms with Crippen LogP contribution in [0.2, 0.25) is 0 Å². The molecule has 0 aromatic carbocycles. The summed E-state index contributed by atoms with van der Waals surface area (Å²) in [6.45, 7) is 6.51. The maximum Gasteiger partial charge on any atom is 0.306 e. The summed E-state index contributed by atoms with van der Waals surface area (Å²) in [5.74, 6) is -0.871. The van der Waals surface area contributed by atoms with Gasteiger partial charge in [0, 0.05) is 19.3 Å². The molecule has 452 valence electrons. The van der Waals surface area contributed by atoms with Crippen LogP contribution in [-0.2, 0) is 28.6 Å². The van der Waals surface area contributed by atoms with Gasteiger partial charge in [0.2, 0.25) is 0 Å². The quantitative estimate of drug-likeness (QED) is 0.0261. The summed E-state index contributed by atoms with van der Waals surface area (Å²) in [4.78, 5) is 38.4. The van der Waals surface area contributed by atoms with Gasteiger partial charge in [-0.15, -0.1) is 0 Å². The molecular weight excluding hydrogens is 961 g/mol. The van der Waals surface area contributed by atoms with Gasteiger partial charge in [-0.3, -0.25) is 14.4 Å². The average Bonchev–Trinajstić information content (AvgIpc) is 3.44. The van der Waals surface area contributed by atoms with Crippen LogP contribution in [0.3, 0.4) is 0 Å². The number of allylic oxidation sites excluding steroid dienone is 12. The van der Waals surface area contributed by atoms with Gasteiger partial charge in [-0.1, -0.05) is 318 Å². The minimum absolute atomic E-state index is 0.0761. The van der Waals surface area contributed by atoms with Crippen LogP contribution >= 0.6 is 0 Å². The van der Waals surface area contributed by atoms with Crippen molar-refractivity contribution in [2.24, 2.45) is 0 Å². The highest BCUT2D eigenvalue weighted by molar-refractivity contribution is 5.71. The number of carbonyl (C=O) groups excluding carboxylic acids is 3. The summed E-state index contributed by atoms with van der Waals surface area (Å²) in [6, 6.07) is 0. The van der Waals surface area contributed by atoms with Crippen molar-refractivity contribution in [2.45, 2.75) is 354 Å². The van der Waals surface area contributed by atoms with Crippen molar-refractivity contribution in [1.29, 1.82) is 0 Å². The Labute approximate surface area is 484 Å². The summed E-state index contributed by atoms with van der Waals surface area (Å²) in [5, 5.41) is 0. The molecule has 0 fully saturated rings. The molecule has 1 atom stereocenters. The largest absolute Gasteiger partial charge is 0.462 e. The monoisotopic (exact) mass is 1090 g/mol. The first kappa shape index (κ1) is 74.8. The lowest BCUT2D eigenvalue weighted by Crippen LogP contribution is -2.30. The smallest absolute Gasteiger partial charge is 0.306 e. The van der Waals surface area contributed by atoms with Gasteiger partial charge >= 0.3 is 17.9 Å². The molecule has 0 amide bonds. The number of esters is 3. The Kier molecular flexibility index (Phi) is 63.7. The first-order valence-corrected chi connectivity index (χ1v) is 33.9.